The number of hydrogen-bond donors (Lipinski definition) is 1. The summed E-state index contributed by atoms with van der Waals surface area (Å²) in [7, 11) is 3.96. The molecule has 0 aliphatic rings. The summed E-state index contributed by atoms with van der Waals surface area (Å²) in [5, 5.41) is 3.05. The summed E-state index contributed by atoms with van der Waals surface area (Å²) in [5.74, 6) is 0.903. The number of halogens is 1. The van der Waals surface area contributed by atoms with E-state index >= 15 is 0 Å². The first-order valence-electron chi connectivity index (χ1n) is 5.74. The van der Waals surface area contributed by atoms with Crippen molar-refractivity contribution in [1.82, 2.24) is 9.88 Å². The van der Waals surface area contributed by atoms with E-state index in [1.165, 1.54) is 4.88 Å². The van der Waals surface area contributed by atoms with Crippen molar-refractivity contribution in [3.8, 4) is 0 Å². The molecule has 2 aromatic heterocycles. The first-order chi connectivity index (χ1) is 8.67. The lowest BCUT2D eigenvalue weighted by Gasteiger charge is -2.15. The van der Waals surface area contributed by atoms with Gasteiger partial charge >= 0.3 is 0 Å². The zero-order valence-electron chi connectivity index (χ0n) is 10.5. The predicted octanol–water partition coefficient (Wildman–Crippen LogP) is 3.47. The summed E-state index contributed by atoms with van der Waals surface area (Å²) in [4.78, 5) is 8.00. The van der Waals surface area contributed by atoms with E-state index in [0.29, 0.717) is 0 Å². The molecule has 18 heavy (non-hydrogen) atoms. The molecule has 0 aromatic carbocycles. The highest BCUT2D eigenvalue weighted by Gasteiger charge is 2.05. The van der Waals surface area contributed by atoms with Gasteiger partial charge in [0.15, 0.2) is 0 Å². The van der Waals surface area contributed by atoms with E-state index in [1.54, 1.807) is 11.3 Å². The van der Waals surface area contributed by atoms with Crippen LogP contribution in [0.2, 0.25) is 4.34 Å². The minimum absolute atomic E-state index is 0.824. The number of hydrogen-bond acceptors (Lipinski definition) is 4. The first kappa shape index (κ1) is 13.3. The molecular weight excluding hydrogens is 266 g/mol. The second kappa shape index (κ2) is 6.18. The van der Waals surface area contributed by atoms with Crippen LogP contribution in [-0.4, -0.2) is 24.0 Å². The lowest BCUT2D eigenvalue weighted by Crippen LogP contribution is -2.17. The standard InChI is InChI=1S/C13H16ClN3S/c1-15-13-5-3-4-10(16-13)8-17(2)9-11-6-7-12(14)18-11/h3-7H,8-9H2,1-2H3,(H,15,16). The Hall–Kier alpha value is -1.10. The van der Waals surface area contributed by atoms with Gasteiger partial charge in [0.1, 0.15) is 5.82 Å². The Morgan fingerprint density at radius 1 is 1.28 bits per heavy atom. The van der Waals surface area contributed by atoms with Gasteiger partial charge in [-0.25, -0.2) is 4.98 Å². The molecule has 5 heteroatoms. The molecule has 1 N–H and O–H groups in total. The number of pyridine rings is 1. The number of thiophene rings is 1. The highest BCUT2D eigenvalue weighted by atomic mass is 35.5. The van der Waals surface area contributed by atoms with E-state index in [9.17, 15) is 0 Å². The van der Waals surface area contributed by atoms with Gasteiger partial charge < -0.3 is 5.32 Å². The average Bonchev–Trinajstić information content (AvgIpc) is 2.74. The molecule has 0 spiro atoms. The van der Waals surface area contributed by atoms with Crippen LogP contribution in [0.3, 0.4) is 0 Å². The largest absolute Gasteiger partial charge is 0.373 e. The Bertz CT molecular complexity index is 512. The second-order valence-corrected chi connectivity index (χ2v) is 5.94. The van der Waals surface area contributed by atoms with Crippen LogP contribution in [0.15, 0.2) is 30.3 Å². The van der Waals surface area contributed by atoms with Crippen molar-refractivity contribution < 1.29 is 0 Å². The van der Waals surface area contributed by atoms with Crippen molar-refractivity contribution in [2.45, 2.75) is 13.1 Å². The first-order valence-corrected chi connectivity index (χ1v) is 6.93. The lowest BCUT2D eigenvalue weighted by atomic mass is 10.3. The maximum Gasteiger partial charge on any atom is 0.126 e. The second-order valence-electron chi connectivity index (χ2n) is 4.14. The molecule has 0 fully saturated rings. The van der Waals surface area contributed by atoms with E-state index < -0.39 is 0 Å². The predicted molar refractivity (Wildman–Crippen MR) is 78.3 cm³/mol. The van der Waals surface area contributed by atoms with Gasteiger partial charge in [-0.3, -0.25) is 4.90 Å². The fourth-order valence-electron chi connectivity index (χ4n) is 1.74. The molecule has 0 aliphatic carbocycles. The fourth-order valence-corrected chi connectivity index (χ4v) is 2.91. The van der Waals surface area contributed by atoms with Gasteiger partial charge in [-0.15, -0.1) is 11.3 Å². The smallest absolute Gasteiger partial charge is 0.126 e. The summed E-state index contributed by atoms with van der Waals surface area (Å²) < 4.78 is 0.841. The molecular formula is C13H16ClN3S. The monoisotopic (exact) mass is 281 g/mol. The summed E-state index contributed by atoms with van der Waals surface area (Å²) in [6.07, 6.45) is 0. The zero-order chi connectivity index (χ0) is 13.0. The Balaban J connectivity index is 1.96. The van der Waals surface area contributed by atoms with Crippen LogP contribution in [0.4, 0.5) is 5.82 Å². The van der Waals surface area contributed by atoms with Crippen LogP contribution in [0.1, 0.15) is 10.6 Å². The molecule has 0 bridgehead atoms. The zero-order valence-corrected chi connectivity index (χ0v) is 12.1. The molecule has 0 saturated heterocycles. The lowest BCUT2D eigenvalue weighted by molar-refractivity contribution is 0.318. The third-order valence-electron chi connectivity index (χ3n) is 2.55. The van der Waals surface area contributed by atoms with Gasteiger partial charge in [0.2, 0.25) is 0 Å². The van der Waals surface area contributed by atoms with Crippen LogP contribution in [0.5, 0.6) is 0 Å². The third-order valence-corrected chi connectivity index (χ3v) is 3.77. The van der Waals surface area contributed by atoms with Crippen LogP contribution < -0.4 is 5.32 Å². The maximum atomic E-state index is 5.92. The van der Waals surface area contributed by atoms with Crippen molar-refractivity contribution in [3.05, 3.63) is 45.2 Å². The average molecular weight is 282 g/mol. The molecule has 0 amide bonds. The molecule has 0 radical (unpaired) electrons. The summed E-state index contributed by atoms with van der Waals surface area (Å²) in [6.45, 7) is 1.72. The molecule has 2 heterocycles. The SMILES string of the molecule is CNc1cccc(CN(C)Cc2ccc(Cl)s2)n1. The van der Waals surface area contributed by atoms with E-state index in [-0.39, 0.29) is 0 Å². The summed E-state index contributed by atoms with van der Waals surface area (Å²) in [6, 6.07) is 10.0. The van der Waals surface area contributed by atoms with Gasteiger partial charge in [-0.1, -0.05) is 17.7 Å². The molecule has 0 unspecified atom stereocenters. The van der Waals surface area contributed by atoms with Crippen molar-refractivity contribution in [1.29, 1.82) is 0 Å². The van der Waals surface area contributed by atoms with Crippen molar-refractivity contribution in [3.63, 3.8) is 0 Å². The minimum Gasteiger partial charge on any atom is -0.373 e. The van der Waals surface area contributed by atoms with Crippen LogP contribution in [0.25, 0.3) is 0 Å². The van der Waals surface area contributed by atoms with Gasteiger partial charge in [0.05, 0.1) is 10.0 Å². The summed E-state index contributed by atoms with van der Waals surface area (Å²) in [5.41, 5.74) is 1.06. The molecule has 96 valence electrons. The highest BCUT2D eigenvalue weighted by Crippen LogP contribution is 2.22. The van der Waals surface area contributed by atoms with E-state index in [1.807, 2.05) is 31.3 Å². The molecule has 2 aromatic rings. The highest BCUT2D eigenvalue weighted by molar-refractivity contribution is 7.16. The Morgan fingerprint density at radius 2 is 2.11 bits per heavy atom. The van der Waals surface area contributed by atoms with Crippen molar-refractivity contribution >= 4 is 28.8 Å². The van der Waals surface area contributed by atoms with E-state index in [0.717, 1.165) is 28.9 Å². The normalized spacial score (nSPS) is 10.9. The van der Waals surface area contributed by atoms with Crippen LogP contribution in [0, 0.1) is 0 Å². The Labute approximate surface area is 116 Å². The van der Waals surface area contributed by atoms with E-state index in [4.69, 9.17) is 11.6 Å². The molecule has 0 atom stereocenters. The molecule has 3 nitrogen and oxygen atoms in total. The molecule has 0 saturated carbocycles. The van der Waals surface area contributed by atoms with Crippen LogP contribution >= 0.6 is 22.9 Å². The van der Waals surface area contributed by atoms with Gasteiger partial charge in [0.25, 0.3) is 0 Å². The Morgan fingerprint density at radius 3 is 2.78 bits per heavy atom. The van der Waals surface area contributed by atoms with Gasteiger partial charge in [-0.2, -0.15) is 0 Å². The maximum absolute atomic E-state index is 5.92. The van der Waals surface area contributed by atoms with Gasteiger partial charge in [0, 0.05) is 25.0 Å². The molecule has 2 rings (SSSR count). The van der Waals surface area contributed by atoms with Crippen molar-refractivity contribution in [2.75, 3.05) is 19.4 Å². The number of anilines is 1. The summed E-state index contributed by atoms with van der Waals surface area (Å²) >= 11 is 7.55. The number of aromatic nitrogens is 1. The number of nitrogens with one attached hydrogen (secondary N) is 1. The quantitative estimate of drug-likeness (QED) is 0.910. The third kappa shape index (κ3) is 3.70. The molecule has 0 aliphatic heterocycles. The number of nitrogens with zero attached hydrogens (tertiary/aromatic N) is 2. The minimum atomic E-state index is 0.824. The van der Waals surface area contributed by atoms with E-state index in [2.05, 4.69) is 28.3 Å². The number of rotatable bonds is 5. The Kier molecular flexibility index (Phi) is 4.58. The van der Waals surface area contributed by atoms with Gasteiger partial charge in [-0.05, 0) is 31.3 Å². The fraction of sp³-hybridized carbons (Fsp3) is 0.308. The van der Waals surface area contributed by atoms with Crippen LogP contribution in [-0.2, 0) is 13.1 Å². The van der Waals surface area contributed by atoms with Crippen molar-refractivity contribution in [2.24, 2.45) is 0 Å². The topological polar surface area (TPSA) is 28.2 Å².